The molecule has 0 saturated carbocycles. The molecule has 0 bridgehead atoms. The molecule has 1 fully saturated rings. The van der Waals surface area contributed by atoms with Gasteiger partial charge in [0.15, 0.2) is 0 Å². The van der Waals surface area contributed by atoms with Crippen LogP contribution in [0.3, 0.4) is 0 Å². The van der Waals surface area contributed by atoms with Crippen LogP contribution >= 0.6 is 24.8 Å². The van der Waals surface area contributed by atoms with Gasteiger partial charge in [0.2, 0.25) is 5.91 Å². The van der Waals surface area contributed by atoms with E-state index in [1.165, 1.54) is 4.90 Å². The summed E-state index contributed by atoms with van der Waals surface area (Å²) in [6.45, 7) is 1.90. The summed E-state index contributed by atoms with van der Waals surface area (Å²) >= 11 is 0. The Bertz CT molecular complexity index is 277. The predicted molar refractivity (Wildman–Crippen MR) is 71.8 cm³/mol. The molecule has 116 valence electrons. The number of hydrogen-bond donors (Lipinski definition) is 2. The van der Waals surface area contributed by atoms with Crippen LogP contribution in [0.5, 0.6) is 0 Å². The Morgan fingerprint density at radius 3 is 2.53 bits per heavy atom. The molecule has 9 heteroatoms. The monoisotopic (exact) mass is 325 g/mol. The molecule has 1 rings (SSSR count). The van der Waals surface area contributed by atoms with E-state index in [4.69, 9.17) is 5.73 Å². The number of halogens is 5. The van der Waals surface area contributed by atoms with Gasteiger partial charge in [0, 0.05) is 13.1 Å². The quantitative estimate of drug-likeness (QED) is 0.816. The molecule has 2 atom stereocenters. The third-order valence-corrected chi connectivity index (χ3v) is 2.75. The number of hydrogen-bond acceptors (Lipinski definition) is 3. The summed E-state index contributed by atoms with van der Waals surface area (Å²) < 4.78 is 36.4. The zero-order chi connectivity index (χ0) is 13.1. The van der Waals surface area contributed by atoms with Crippen LogP contribution in [0.1, 0.15) is 13.3 Å². The van der Waals surface area contributed by atoms with E-state index in [-0.39, 0.29) is 36.6 Å². The number of carbonyl (C=O) groups is 1. The Morgan fingerprint density at radius 1 is 1.47 bits per heavy atom. The van der Waals surface area contributed by atoms with Crippen LogP contribution in [0.4, 0.5) is 13.2 Å². The van der Waals surface area contributed by atoms with E-state index in [0.29, 0.717) is 26.1 Å². The number of amides is 1. The third-order valence-electron chi connectivity index (χ3n) is 2.75. The van der Waals surface area contributed by atoms with Gasteiger partial charge < -0.3 is 11.1 Å². The van der Waals surface area contributed by atoms with Gasteiger partial charge in [0.25, 0.3) is 0 Å². The summed E-state index contributed by atoms with van der Waals surface area (Å²) in [5.41, 5.74) is 5.36. The van der Waals surface area contributed by atoms with E-state index in [1.54, 1.807) is 6.92 Å². The van der Waals surface area contributed by atoms with Gasteiger partial charge in [-0.1, -0.05) is 0 Å². The first-order valence-corrected chi connectivity index (χ1v) is 5.60. The van der Waals surface area contributed by atoms with Crippen molar-refractivity contribution >= 4 is 30.7 Å². The maximum Gasteiger partial charge on any atom is 0.401 e. The van der Waals surface area contributed by atoms with E-state index in [1.807, 2.05) is 0 Å². The topological polar surface area (TPSA) is 58.4 Å². The molecule has 0 aromatic carbocycles. The van der Waals surface area contributed by atoms with E-state index in [9.17, 15) is 18.0 Å². The van der Waals surface area contributed by atoms with Crippen LogP contribution in [0.2, 0.25) is 0 Å². The Labute approximate surface area is 123 Å². The number of likely N-dealkylation sites (tertiary alicyclic amines) is 1. The highest BCUT2D eigenvalue weighted by atomic mass is 35.5. The average molecular weight is 326 g/mol. The van der Waals surface area contributed by atoms with Gasteiger partial charge in [0.1, 0.15) is 0 Å². The summed E-state index contributed by atoms with van der Waals surface area (Å²) in [6, 6.07) is -0.581. The molecule has 1 aliphatic rings. The van der Waals surface area contributed by atoms with Crippen molar-refractivity contribution in [3.8, 4) is 0 Å². The van der Waals surface area contributed by atoms with Gasteiger partial charge in [-0.2, -0.15) is 13.2 Å². The molecular weight excluding hydrogens is 306 g/mol. The summed E-state index contributed by atoms with van der Waals surface area (Å²) in [7, 11) is 0. The zero-order valence-corrected chi connectivity index (χ0v) is 12.2. The van der Waals surface area contributed by atoms with Crippen molar-refractivity contribution < 1.29 is 18.0 Å². The van der Waals surface area contributed by atoms with Crippen LogP contribution in [0, 0.1) is 5.92 Å². The number of nitrogens with two attached hydrogens (primary N) is 1. The van der Waals surface area contributed by atoms with Gasteiger partial charge in [-0.3, -0.25) is 9.69 Å². The Hall–Kier alpha value is -0.240. The normalized spacial score (nSPS) is 21.2. The lowest BCUT2D eigenvalue weighted by atomic mass is 10.1. The second-order valence-corrected chi connectivity index (χ2v) is 4.54. The molecular formula is C10H20Cl2F3N3O. The van der Waals surface area contributed by atoms with Crippen molar-refractivity contribution in [3.05, 3.63) is 0 Å². The minimum Gasteiger partial charge on any atom is -0.354 e. The maximum absolute atomic E-state index is 12.1. The van der Waals surface area contributed by atoms with Gasteiger partial charge in [-0.05, 0) is 25.8 Å². The molecule has 0 spiro atoms. The van der Waals surface area contributed by atoms with Crippen molar-refractivity contribution in [2.75, 3.05) is 26.2 Å². The van der Waals surface area contributed by atoms with Gasteiger partial charge in [-0.15, -0.1) is 24.8 Å². The van der Waals surface area contributed by atoms with Crippen LogP contribution in [0.25, 0.3) is 0 Å². The van der Waals surface area contributed by atoms with Crippen LogP contribution in [0.15, 0.2) is 0 Å². The Balaban J connectivity index is 0. The van der Waals surface area contributed by atoms with Crippen molar-refractivity contribution in [1.82, 2.24) is 10.2 Å². The number of nitrogens with one attached hydrogen (secondary N) is 1. The second kappa shape index (κ2) is 8.84. The fourth-order valence-corrected chi connectivity index (χ4v) is 1.88. The first kappa shape index (κ1) is 21.1. The standard InChI is InChI=1S/C10H18F3N3O.2ClH/c1-7(14)9(17)15-4-8-2-3-16(5-8)6-10(11,12)13;;/h7-8H,2-6,14H2,1H3,(H,15,17);2*1H/t7-,8?;;/m1../s1. The summed E-state index contributed by atoms with van der Waals surface area (Å²) in [4.78, 5) is 12.5. The third kappa shape index (κ3) is 8.52. The molecule has 1 aliphatic heterocycles. The van der Waals surface area contributed by atoms with Crippen molar-refractivity contribution in [2.45, 2.75) is 25.6 Å². The van der Waals surface area contributed by atoms with Gasteiger partial charge in [-0.25, -0.2) is 0 Å². The molecule has 1 unspecified atom stereocenters. The number of carbonyl (C=O) groups excluding carboxylic acids is 1. The predicted octanol–water partition coefficient (Wildman–Crippen LogP) is 1.18. The lowest BCUT2D eigenvalue weighted by Gasteiger charge is -2.18. The number of rotatable bonds is 4. The Kier molecular flexibility index (Phi) is 9.80. The largest absolute Gasteiger partial charge is 0.401 e. The maximum atomic E-state index is 12.1. The SMILES string of the molecule is C[C@@H](N)C(=O)NCC1CCN(CC(F)(F)F)C1.Cl.Cl. The van der Waals surface area contributed by atoms with Gasteiger partial charge in [0.05, 0.1) is 12.6 Å². The minimum atomic E-state index is -4.15. The van der Waals surface area contributed by atoms with Crippen molar-refractivity contribution in [3.63, 3.8) is 0 Å². The van der Waals surface area contributed by atoms with E-state index in [0.717, 1.165) is 0 Å². The molecule has 3 N–H and O–H groups in total. The van der Waals surface area contributed by atoms with Crippen LogP contribution in [-0.2, 0) is 4.79 Å². The summed E-state index contributed by atoms with van der Waals surface area (Å²) in [5, 5.41) is 2.64. The summed E-state index contributed by atoms with van der Waals surface area (Å²) in [5.74, 6) is -0.181. The lowest BCUT2D eigenvalue weighted by Crippen LogP contribution is -2.41. The van der Waals surface area contributed by atoms with Crippen LogP contribution < -0.4 is 11.1 Å². The molecule has 1 amide bonds. The second-order valence-electron chi connectivity index (χ2n) is 4.54. The first-order valence-electron chi connectivity index (χ1n) is 5.60. The van der Waals surface area contributed by atoms with Crippen molar-refractivity contribution in [2.24, 2.45) is 11.7 Å². The molecule has 0 radical (unpaired) electrons. The number of nitrogens with zero attached hydrogens (tertiary/aromatic N) is 1. The molecule has 0 aromatic heterocycles. The fourth-order valence-electron chi connectivity index (χ4n) is 1.88. The molecule has 1 saturated heterocycles. The first-order chi connectivity index (χ1) is 7.78. The van der Waals surface area contributed by atoms with E-state index >= 15 is 0 Å². The van der Waals surface area contributed by atoms with E-state index in [2.05, 4.69) is 5.32 Å². The number of alkyl halides is 3. The smallest absolute Gasteiger partial charge is 0.354 e. The molecule has 1 heterocycles. The summed E-state index contributed by atoms with van der Waals surface area (Å²) in [6.07, 6.45) is -3.47. The van der Waals surface area contributed by atoms with Crippen LogP contribution in [-0.4, -0.2) is 49.2 Å². The zero-order valence-electron chi connectivity index (χ0n) is 10.6. The molecule has 4 nitrogen and oxygen atoms in total. The van der Waals surface area contributed by atoms with Crippen molar-refractivity contribution in [1.29, 1.82) is 0 Å². The highest BCUT2D eigenvalue weighted by Crippen LogP contribution is 2.22. The lowest BCUT2D eigenvalue weighted by molar-refractivity contribution is -0.143. The van der Waals surface area contributed by atoms with Gasteiger partial charge >= 0.3 is 6.18 Å². The highest BCUT2D eigenvalue weighted by molar-refractivity contribution is 5.85. The minimum absolute atomic E-state index is 0. The Morgan fingerprint density at radius 2 is 2.05 bits per heavy atom. The fraction of sp³-hybridized carbons (Fsp3) is 0.900. The molecule has 0 aliphatic carbocycles. The molecule has 19 heavy (non-hydrogen) atoms. The highest BCUT2D eigenvalue weighted by Gasteiger charge is 2.34. The van der Waals surface area contributed by atoms with E-state index < -0.39 is 18.8 Å². The average Bonchev–Trinajstić information content (AvgIpc) is 2.59. The molecule has 0 aromatic rings.